The fourth-order valence-corrected chi connectivity index (χ4v) is 1.99. The minimum Gasteiger partial charge on any atom is -0.250 e. The van der Waals surface area contributed by atoms with Gasteiger partial charge in [-0.1, -0.05) is 27.2 Å². The summed E-state index contributed by atoms with van der Waals surface area (Å²) >= 11 is 1.85. The fraction of sp³-hybridized carbons (Fsp3) is 0.833. The highest BCUT2D eigenvalue weighted by Crippen LogP contribution is 2.13. The number of hydrogen-bond acceptors (Lipinski definition) is 3. The molecule has 0 bridgehead atoms. The zero-order chi connectivity index (χ0) is 12.0. The lowest BCUT2D eigenvalue weighted by Crippen LogP contribution is -2.07. The molecule has 0 saturated heterocycles. The number of aromatic nitrogens is 3. The number of rotatable bonds is 7. The molecule has 1 aromatic rings. The van der Waals surface area contributed by atoms with E-state index in [9.17, 15) is 0 Å². The van der Waals surface area contributed by atoms with Crippen LogP contribution in [0.5, 0.6) is 0 Å². The molecule has 0 amide bonds. The first kappa shape index (κ1) is 13.6. The second-order valence-electron chi connectivity index (χ2n) is 4.36. The summed E-state index contributed by atoms with van der Waals surface area (Å²) in [6, 6.07) is 0. The van der Waals surface area contributed by atoms with E-state index in [1.165, 1.54) is 12.8 Å². The van der Waals surface area contributed by atoms with Crippen molar-refractivity contribution in [3.63, 3.8) is 0 Å². The highest BCUT2D eigenvalue weighted by molar-refractivity contribution is 7.98. The van der Waals surface area contributed by atoms with Crippen LogP contribution in [0.1, 0.15) is 51.2 Å². The predicted octanol–water partition coefficient (Wildman–Crippen LogP) is 3.11. The van der Waals surface area contributed by atoms with Crippen molar-refractivity contribution in [3.05, 3.63) is 11.6 Å². The molecule has 0 N–H and O–H groups in total. The normalized spacial score (nSPS) is 11.3. The van der Waals surface area contributed by atoms with Crippen LogP contribution in [-0.2, 0) is 13.0 Å². The highest BCUT2D eigenvalue weighted by Gasteiger charge is 2.12. The molecule has 1 aromatic heterocycles. The molecular formula is C12H23N3S. The topological polar surface area (TPSA) is 30.7 Å². The molecule has 0 radical (unpaired) electrons. The molecule has 1 rings (SSSR count). The lowest BCUT2D eigenvalue weighted by Gasteiger charge is -2.06. The third-order valence-corrected chi connectivity index (χ3v) is 3.13. The van der Waals surface area contributed by atoms with Gasteiger partial charge in [-0.15, -0.1) is 0 Å². The van der Waals surface area contributed by atoms with Gasteiger partial charge in [-0.25, -0.2) is 9.67 Å². The second-order valence-corrected chi connectivity index (χ2v) is 5.35. The predicted molar refractivity (Wildman–Crippen MR) is 71.1 cm³/mol. The Bertz CT molecular complexity index is 307. The largest absolute Gasteiger partial charge is 0.250 e. The van der Waals surface area contributed by atoms with Crippen LogP contribution in [0.15, 0.2) is 0 Å². The molecule has 4 heteroatoms. The first-order valence-corrected chi connectivity index (χ1v) is 7.51. The molecule has 0 atom stereocenters. The zero-order valence-electron chi connectivity index (χ0n) is 10.9. The number of nitrogens with zero attached hydrogens (tertiary/aromatic N) is 3. The van der Waals surface area contributed by atoms with E-state index in [2.05, 4.69) is 41.8 Å². The van der Waals surface area contributed by atoms with Crippen LogP contribution in [-0.4, -0.2) is 26.8 Å². The van der Waals surface area contributed by atoms with Crippen LogP contribution < -0.4 is 0 Å². The van der Waals surface area contributed by atoms with Crippen molar-refractivity contribution < 1.29 is 0 Å². The third kappa shape index (κ3) is 3.81. The van der Waals surface area contributed by atoms with E-state index in [0.29, 0.717) is 5.92 Å². The average molecular weight is 241 g/mol. The first-order chi connectivity index (χ1) is 7.69. The molecular weight excluding hydrogens is 218 g/mol. The number of aryl methyl sites for hydroxylation is 2. The molecule has 0 aliphatic heterocycles. The Morgan fingerprint density at radius 3 is 2.69 bits per heavy atom. The van der Waals surface area contributed by atoms with Crippen LogP contribution >= 0.6 is 11.8 Å². The lowest BCUT2D eigenvalue weighted by molar-refractivity contribution is 0.527. The van der Waals surface area contributed by atoms with Gasteiger partial charge in [0.05, 0.1) is 0 Å². The molecule has 0 unspecified atom stereocenters. The molecule has 0 fully saturated rings. The summed E-state index contributed by atoms with van der Waals surface area (Å²) in [5.74, 6) is 3.72. The molecule has 1 heterocycles. The maximum Gasteiger partial charge on any atom is 0.151 e. The molecule has 16 heavy (non-hydrogen) atoms. The van der Waals surface area contributed by atoms with E-state index in [0.717, 1.165) is 30.4 Å². The van der Waals surface area contributed by atoms with Gasteiger partial charge in [0.25, 0.3) is 0 Å². The summed E-state index contributed by atoms with van der Waals surface area (Å²) < 4.78 is 2.10. The SMILES string of the molecule is CCCCn1nc(CCSC)nc1C(C)C. The van der Waals surface area contributed by atoms with E-state index < -0.39 is 0 Å². The summed E-state index contributed by atoms with van der Waals surface area (Å²) in [7, 11) is 0. The second kappa shape index (κ2) is 6.94. The molecule has 0 saturated carbocycles. The Morgan fingerprint density at radius 2 is 2.12 bits per heavy atom. The van der Waals surface area contributed by atoms with Crippen LogP contribution in [0, 0.1) is 0 Å². The van der Waals surface area contributed by atoms with Gasteiger partial charge < -0.3 is 0 Å². The van der Waals surface area contributed by atoms with Gasteiger partial charge in [0.15, 0.2) is 5.82 Å². The Morgan fingerprint density at radius 1 is 1.38 bits per heavy atom. The fourth-order valence-electron chi connectivity index (χ4n) is 1.60. The van der Waals surface area contributed by atoms with Gasteiger partial charge in [-0.2, -0.15) is 16.9 Å². The molecule has 0 aliphatic rings. The van der Waals surface area contributed by atoms with E-state index in [4.69, 9.17) is 0 Å². The summed E-state index contributed by atoms with van der Waals surface area (Å²) in [4.78, 5) is 4.64. The molecule has 0 aromatic carbocycles. The van der Waals surface area contributed by atoms with Crippen molar-refractivity contribution in [2.24, 2.45) is 0 Å². The van der Waals surface area contributed by atoms with Crippen molar-refractivity contribution >= 4 is 11.8 Å². The standard InChI is InChI=1S/C12H23N3S/c1-5-6-8-15-12(10(2)3)13-11(14-15)7-9-16-4/h10H,5-9H2,1-4H3. The molecule has 0 aliphatic carbocycles. The van der Waals surface area contributed by atoms with Gasteiger partial charge in [0, 0.05) is 24.6 Å². The first-order valence-electron chi connectivity index (χ1n) is 6.11. The zero-order valence-corrected chi connectivity index (χ0v) is 11.7. The van der Waals surface area contributed by atoms with E-state index in [1.807, 2.05) is 11.8 Å². The summed E-state index contributed by atoms with van der Waals surface area (Å²) in [5, 5.41) is 4.60. The van der Waals surface area contributed by atoms with E-state index in [-0.39, 0.29) is 0 Å². The van der Waals surface area contributed by atoms with Crippen molar-refractivity contribution in [3.8, 4) is 0 Å². The van der Waals surface area contributed by atoms with Crippen LogP contribution in [0.25, 0.3) is 0 Å². The van der Waals surface area contributed by atoms with Gasteiger partial charge >= 0.3 is 0 Å². The summed E-state index contributed by atoms with van der Waals surface area (Å²) in [6.07, 6.45) is 5.50. The maximum absolute atomic E-state index is 4.64. The summed E-state index contributed by atoms with van der Waals surface area (Å²) in [5.41, 5.74) is 0. The average Bonchev–Trinajstić information content (AvgIpc) is 2.67. The van der Waals surface area contributed by atoms with Crippen molar-refractivity contribution in [1.29, 1.82) is 0 Å². The minimum absolute atomic E-state index is 0.465. The van der Waals surface area contributed by atoms with Crippen LogP contribution in [0.2, 0.25) is 0 Å². The smallest absolute Gasteiger partial charge is 0.151 e. The Labute approximate surface area is 103 Å². The number of unbranched alkanes of at least 4 members (excludes halogenated alkanes) is 1. The van der Waals surface area contributed by atoms with E-state index in [1.54, 1.807) is 0 Å². The Kier molecular flexibility index (Phi) is 5.88. The van der Waals surface area contributed by atoms with Crippen molar-refractivity contribution in [1.82, 2.24) is 14.8 Å². The van der Waals surface area contributed by atoms with Gasteiger partial charge in [-0.3, -0.25) is 0 Å². The maximum atomic E-state index is 4.64. The van der Waals surface area contributed by atoms with Crippen molar-refractivity contribution in [2.45, 2.75) is 52.5 Å². The van der Waals surface area contributed by atoms with Crippen LogP contribution in [0.3, 0.4) is 0 Å². The highest BCUT2D eigenvalue weighted by atomic mass is 32.2. The van der Waals surface area contributed by atoms with Crippen LogP contribution in [0.4, 0.5) is 0 Å². The Balaban J connectivity index is 2.74. The monoisotopic (exact) mass is 241 g/mol. The minimum atomic E-state index is 0.465. The van der Waals surface area contributed by atoms with E-state index >= 15 is 0 Å². The molecule has 0 spiro atoms. The van der Waals surface area contributed by atoms with Gasteiger partial charge in [-0.05, 0) is 12.7 Å². The third-order valence-electron chi connectivity index (χ3n) is 2.51. The molecule has 92 valence electrons. The molecule has 3 nitrogen and oxygen atoms in total. The Hall–Kier alpha value is -0.510. The number of thioether (sulfide) groups is 1. The quantitative estimate of drug-likeness (QED) is 0.735. The van der Waals surface area contributed by atoms with Gasteiger partial charge in [0.2, 0.25) is 0 Å². The van der Waals surface area contributed by atoms with Crippen molar-refractivity contribution in [2.75, 3.05) is 12.0 Å². The summed E-state index contributed by atoms with van der Waals surface area (Å²) in [6.45, 7) is 7.59. The lowest BCUT2D eigenvalue weighted by atomic mass is 10.2. The number of hydrogen-bond donors (Lipinski definition) is 0. The van der Waals surface area contributed by atoms with Gasteiger partial charge in [0.1, 0.15) is 5.82 Å².